The van der Waals surface area contributed by atoms with Crippen LogP contribution in [0.2, 0.25) is 0 Å². The summed E-state index contributed by atoms with van der Waals surface area (Å²) in [5.41, 5.74) is 0.806. The molecule has 2 unspecified atom stereocenters. The minimum Gasteiger partial charge on any atom is -0.385 e. The van der Waals surface area contributed by atoms with Crippen LogP contribution in [0.1, 0.15) is 44.7 Å². The molecule has 0 saturated heterocycles. The van der Waals surface area contributed by atoms with Gasteiger partial charge < -0.3 is 5.11 Å². The largest absolute Gasteiger partial charge is 0.385 e. The molecule has 0 radical (unpaired) electrons. The van der Waals surface area contributed by atoms with Gasteiger partial charge in [-0.25, -0.2) is 4.39 Å². The van der Waals surface area contributed by atoms with Crippen molar-refractivity contribution < 1.29 is 9.50 Å². The van der Waals surface area contributed by atoms with E-state index < -0.39 is 5.60 Å². The SMILES string of the molecule is Cc1cc(C2(O)CC(C)(C)CC2C)ccc1F. The number of hydrogen-bond acceptors (Lipinski definition) is 1. The number of rotatable bonds is 1. The highest BCUT2D eigenvalue weighted by Gasteiger charge is 2.48. The van der Waals surface area contributed by atoms with Gasteiger partial charge in [0, 0.05) is 0 Å². The molecule has 2 heteroatoms. The van der Waals surface area contributed by atoms with Crippen molar-refractivity contribution in [1.29, 1.82) is 0 Å². The molecular formula is C15H21FO. The van der Waals surface area contributed by atoms with Crippen molar-refractivity contribution in [2.45, 2.75) is 46.1 Å². The first kappa shape index (κ1) is 12.6. The van der Waals surface area contributed by atoms with E-state index in [1.54, 1.807) is 19.1 Å². The van der Waals surface area contributed by atoms with E-state index in [4.69, 9.17) is 0 Å². The van der Waals surface area contributed by atoms with Gasteiger partial charge in [0.05, 0.1) is 5.60 Å². The van der Waals surface area contributed by atoms with E-state index in [0.29, 0.717) is 5.56 Å². The van der Waals surface area contributed by atoms with Gasteiger partial charge in [-0.2, -0.15) is 0 Å². The quantitative estimate of drug-likeness (QED) is 0.786. The van der Waals surface area contributed by atoms with Gasteiger partial charge in [0.25, 0.3) is 0 Å². The number of benzene rings is 1. The topological polar surface area (TPSA) is 20.2 Å². The van der Waals surface area contributed by atoms with Gasteiger partial charge in [-0.05, 0) is 48.3 Å². The lowest BCUT2D eigenvalue weighted by Crippen LogP contribution is -2.29. The highest BCUT2D eigenvalue weighted by atomic mass is 19.1. The van der Waals surface area contributed by atoms with E-state index in [-0.39, 0.29) is 17.2 Å². The molecule has 2 atom stereocenters. The maximum atomic E-state index is 13.3. The molecule has 0 heterocycles. The molecule has 94 valence electrons. The summed E-state index contributed by atoms with van der Waals surface area (Å²) in [4.78, 5) is 0. The van der Waals surface area contributed by atoms with Crippen molar-refractivity contribution in [2.24, 2.45) is 11.3 Å². The molecule has 1 aliphatic carbocycles. The average Bonchev–Trinajstić information content (AvgIpc) is 2.41. The Morgan fingerprint density at radius 3 is 2.47 bits per heavy atom. The summed E-state index contributed by atoms with van der Waals surface area (Å²) in [6.45, 7) is 8.18. The first-order valence-electron chi connectivity index (χ1n) is 6.24. The van der Waals surface area contributed by atoms with E-state index in [9.17, 15) is 9.50 Å². The lowest BCUT2D eigenvalue weighted by molar-refractivity contribution is -0.000948. The molecule has 2 rings (SSSR count). The molecule has 1 aromatic carbocycles. The Balaban J connectivity index is 2.42. The third kappa shape index (κ3) is 2.11. The van der Waals surface area contributed by atoms with E-state index in [0.717, 1.165) is 18.4 Å². The van der Waals surface area contributed by atoms with Crippen LogP contribution in [0.5, 0.6) is 0 Å². The summed E-state index contributed by atoms with van der Waals surface area (Å²) in [7, 11) is 0. The van der Waals surface area contributed by atoms with Crippen LogP contribution in [-0.4, -0.2) is 5.11 Å². The molecule has 1 fully saturated rings. The second-order valence-electron chi connectivity index (χ2n) is 6.33. The van der Waals surface area contributed by atoms with Crippen LogP contribution in [-0.2, 0) is 5.60 Å². The molecule has 1 aromatic rings. The van der Waals surface area contributed by atoms with E-state index in [1.807, 2.05) is 0 Å². The van der Waals surface area contributed by atoms with Crippen molar-refractivity contribution in [2.75, 3.05) is 0 Å². The van der Waals surface area contributed by atoms with Gasteiger partial charge in [0.2, 0.25) is 0 Å². The number of hydrogen-bond donors (Lipinski definition) is 1. The van der Waals surface area contributed by atoms with Crippen molar-refractivity contribution >= 4 is 0 Å². The summed E-state index contributed by atoms with van der Waals surface area (Å²) in [6, 6.07) is 4.97. The summed E-state index contributed by atoms with van der Waals surface area (Å²) >= 11 is 0. The van der Waals surface area contributed by atoms with Gasteiger partial charge in [-0.1, -0.05) is 32.9 Å². The molecule has 1 nitrogen and oxygen atoms in total. The molecule has 0 amide bonds. The summed E-state index contributed by atoms with van der Waals surface area (Å²) < 4.78 is 13.3. The standard InChI is InChI=1S/C15H21FO/c1-10-7-12(5-6-13(10)16)15(17)9-14(3,4)8-11(15)2/h5-7,11,17H,8-9H2,1-4H3. The third-order valence-corrected chi connectivity index (χ3v) is 4.08. The fourth-order valence-electron chi connectivity index (χ4n) is 3.27. The molecule has 1 N–H and O–H groups in total. The maximum absolute atomic E-state index is 13.3. The maximum Gasteiger partial charge on any atom is 0.126 e. The van der Waals surface area contributed by atoms with Crippen LogP contribution in [0.15, 0.2) is 18.2 Å². The Morgan fingerprint density at radius 1 is 1.35 bits per heavy atom. The first-order chi connectivity index (χ1) is 7.74. The predicted octanol–water partition coefficient (Wildman–Crippen LogP) is 3.78. The molecule has 0 aromatic heterocycles. The Labute approximate surface area is 103 Å². The summed E-state index contributed by atoms with van der Waals surface area (Å²) in [5.74, 6) is 0.00428. The third-order valence-electron chi connectivity index (χ3n) is 4.08. The Hall–Kier alpha value is -0.890. The zero-order valence-electron chi connectivity index (χ0n) is 11.0. The van der Waals surface area contributed by atoms with Crippen molar-refractivity contribution in [3.05, 3.63) is 35.1 Å². The lowest BCUT2D eigenvalue weighted by atomic mass is 9.83. The second kappa shape index (κ2) is 3.81. The van der Waals surface area contributed by atoms with Crippen molar-refractivity contribution in [3.8, 4) is 0 Å². The molecule has 0 aliphatic heterocycles. The number of aryl methyl sites for hydroxylation is 1. The van der Waals surface area contributed by atoms with Crippen LogP contribution < -0.4 is 0 Å². The van der Waals surface area contributed by atoms with Gasteiger partial charge >= 0.3 is 0 Å². The summed E-state index contributed by atoms with van der Waals surface area (Å²) in [5, 5.41) is 10.9. The Morgan fingerprint density at radius 2 is 2.00 bits per heavy atom. The molecule has 17 heavy (non-hydrogen) atoms. The normalized spacial score (nSPS) is 31.8. The highest BCUT2D eigenvalue weighted by Crippen LogP contribution is 2.52. The van der Waals surface area contributed by atoms with Gasteiger partial charge in [-0.3, -0.25) is 0 Å². The van der Waals surface area contributed by atoms with Crippen LogP contribution >= 0.6 is 0 Å². The monoisotopic (exact) mass is 236 g/mol. The smallest absolute Gasteiger partial charge is 0.126 e. The average molecular weight is 236 g/mol. The molecule has 0 spiro atoms. The van der Waals surface area contributed by atoms with E-state index in [2.05, 4.69) is 20.8 Å². The number of halogens is 1. The van der Waals surface area contributed by atoms with Crippen molar-refractivity contribution in [3.63, 3.8) is 0 Å². The minimum atomic E-state index is -0.804. The van der Waals surface area contributed by atoms with Gasteiger partial charge in [0.15, 0.2) is 0 Å². The fourth-order valence-corrected chi connectivity index (χ4v) is 3.27. The fraction of sp³-hybridized carbons (Fsp3) is 0.600. The van der Waals surface area contributed by atoms with Crippen molar-refractivity contribution in [1.82, 2.24) is 0 Å². The van der Waals surface area contributed by atoms with Crippen LogP contribution in [0.3, 0.4) is 0 Å². The molecule has 1 saturated carbocycles. The second-order valence-corrected chi connectivity index (χ2v) is 6.33. The minimum absolute atomic E-state index is 0.149. The van der Waals surface area contributed by atoms with Crippen LogP contribution in [0.25, 0.3) is 0 Å². The van der Waals surface area contributed by atoms with Crippen LogP contribution in [0.4, 0.5) is 4.39 Å². The van der Waals surface area contributed by atoms with E-state index in [1.165, 1.54) is 6.07 Å². The summed E-state index contributed by atoms with van der Waals surface area (Å²) in [6.07, 6.45) is 1.74. The predicted molar refractivity (Wildman–Crippen MR) is 67.2 cm³/mol. The Kier molecular flexibility index (Phi) is 2.81. The van der Waals surface area contributed by atoms with Crippen LogP contribution in [0, 0.1) is 24.1 Å². The zero-order chi connectivity index (χ0) is 12.8. The molecule has 0 bridgehead atoms. The first-order valence-corrected chi connectivity index (χ1v) is 6.24. The zero-order valence-corrected chi connectivity index (χ0v) is 11.0. The molecular weight excluding hydrogens is 215 g/mol. The Bertz CT molecular complexity index is 439. The van der Waals surface area contributed by atoms with Gasteiger partial charge in [-0.15, -0.1) is 0 Å². The highest BCUT2D eigenvalue weighted by molar-refractivity contribution is 5.30. The van der Waals surface area contributed by atoms with E-state index >= 15 is 0 Å². The van der Waals surface area contributed by atoms with Gasteiger partial charge in [0.1, 0.15) is 5.82 Å². The molecule has 1 aliphatic rings. The lowest BCUT2D eigenvalue weighted by Gasteiger charge is -2.29. The number of aliphatic hydroxyl groups is 1.